The molecule has 128 valence electrons. The third-order valence-corrected chi connectivity index (χ3v) is 5.01. The molecule has 1 aromatic carbocycles. The van der Waals surface area contributed by atoms with E-state index in [4.69, 9.17) is 11.6 Å². The van der Waals surface area contributed by atoms with Crippen LogP contribution < -0.4 is 0 Å². The van der Waals surface area contributed by atoms with E-state index in [1.807, 2.05) is 11.8 Å². The van der Waals surface area contributed by atoms with Crippen molar-refractivity contribution in [3.63, 3.8) is 0 Å². The van der Waals surface area contributed by atoms with Crippen molar-refractivity contribution in [2.24, 2.45) is 0 Å². The molecule has 1 amide bonds. The maximum Gasteiger partial charge on any atom is 0.258 e. The Morgan fingerprint density at radius 3 is 2.33 bits per heavy atom. The Morgan fingerprint density at radius 1 is 1.08 bits per heavy atom. The van der Waals surface area contributed by atoms with Gasteiger partial charge in [-0.05, 0) is 32.3 Å². The predicted octanol–water partition coefficient (Wildman–Crippen LogP) is 4.22. The van der Waals surface area contributed by atoms with Gasteiger partial charge in [-0.25, -0.2) is 4.68 Å². The van der Waals surface area contributed by atoms with Crippen molar-refractivity contribution in [3.8, 4) is 0 Å². The standard InChI is InChI=1S/C19H24ClN3O/c1-14-7-9-16(10-8-14)13-23-18(20)17(15(2)21-23)19(24)22-11-5-3-4-6-12-22/h7-10H,3-6,11-13H2,1-2H3. The van der Waals surface area contributed by atoms with E-state index >= 15 is 0 Å². The zero-order chi connectivity index (χ0) is 17.1. The van der Waals surface area contributed by atoms with Crippen LogP contribution in [0.4, 0.5) is 0 Å². The lowest BCUT2D eigenvalue weighted by Gasteiger charge is -2.20. The Balaban J connectivity index is 1.83. The molecule has 0 unspecified atom stereocenters. The van der Waals surface area contributed by atoms with Crippen LogP contribution in [-0.2, 0) is 6.54 Å². The van der Waals surface area contributed by atoms with Crippen LogP contribution in [0.5, 0.6) is 0 Å². The number of hydrogen-bond acceptors (Lipinski definition) is 2. The van der Waals surface area contributed by atoms with Gasteiger partial charge < -0.3 is 4.90 Å². The minimum atomic E-state index is 0.0227. The molecule has 0 spiro atoms. The first-order chi connectivity index (χ1) is 11.6. The fourth-order valence-corrected chi connectivity index (χ4v) is 3.51. The maximum absolute atomic E-state index is 12.9. The minimum absolute atomic E-state index is 0.0227. The van der Waals surface area contributed by atoms with E-state index in [9.17, 15) is 4.79 Å². The number of rotatable bonds is 3. The molecule has 0 atom stereocenters. The predicted molar refractivity (Wildman–Crippen MR) is 96.6 cm³/mol. The number of aryl methyl sites for hydroxylation is 2. The molecule has 3 rings (SSSR count). The molecule has 1 fully saturated rings. The Labute approximate surface area is 148 Å². The monoisotopic (exact) mass is 345 g/mol. The molecule has 0 radical (unpaired) electrons. The zero-order valence-corrected chi connectivity index (χ0v) is 15.1. The normalized spacial score (nSPS) is 15.4. The number of benzene rings is 1. The van der Waals surface area contributed by atoms with Gasteiger partial charge >= 0.3 is 0 Å². The Kier molecular flexibility index (Phi) is 5.24. The van der Waals surface area contributed by atoms with Gasteiger partial charge in [0.2, 0.25) is 0 Å². The maximum atomic E-state index is 12.9. The fourth-order valence-electron chi connectivity index (χ4n) is 3.20. The summed E-state index contributed by atoms with van der Waals surface area (Å²) in [5.41, 5.74) is 3.62. The molecule has 0 N–H and O–H groups in total. The van der Waals surface area contributed by atoms with Crippen molar-refractivity contribution in [1.29, 1.82) is 0 Å². The summed E-state index contributed by atoms with van der Waals surface area (Å²) in [5.74, 6) is 0.0227. The summed E-state index contributed by atoms with van der Waals surface area (Å²) in [4.78, 5) is 14.8. The number of hydrogen-bond donors (Lipinski definition) is 0. The summed E-state index contributed by atoms with van der Waals surface area (Å²) < 4.78 is 1.73. The second-order valence-corrected chi connectivity index (χ2v) is 6.96. The molecule has 2 heterocycles. The van der Waals surface area contributed by atoms with Gasteiger partial charge in [0, 0.05) is 13.1 Å². The van der Waals surface area contributed by atoms with E-state index in [0.29, 0.717) is 23.0 Å². The summed E-state index contributed by atoms with van der Waals surface area (Å²) >= 11 is 6.52. The van der Waals surface area contributed by atoms with Crippen LogP contribution in [-0.4, -0.2) is 33.7 Å². The van der Waals surface area contributed by atoms with Gasteiger partial charge in [0.05, 0.1) is 17.8 Å². The van der Waals surface area contributed by atoms with Crippen LogP contribution in [0.1, 0.15) is 52.9 Å². The molecule has 5 heteroatoms. The highest BCUT2D eigenvalue weighted by Crippen LogP contribution is 2.24. The quantitative estimate of drug-likeness (QED) is 0.835. The zero-order valence-electron chi connectivity index (χ0n) is 14.4. The van der Waals surface area contributed by atoms with E-state index in [1.54, 1.807) is 4.68 Å². The number of aromatic nitrogens is 2. The van der Waals surface area contributed by atoms with E-state index < -0.39 is 0 Å². The van der Waals surface area contributed by atoms with Crippen LogP contribution >= 0.6 is 11.6 Å². The number of carbonyl (C=O) groups excluding carboxylic acids is 1. The molecule has 1 aliphatic rings. The van der Waals surface area contributed by atoms with Crippen molar-refractivity contribution >= 4 is 17.5 Å². The molecule has 1 aromatic heterocycles. The first kappa shape index (κ1) is 17.0. The highest BCUT2D eigenvalue weighted by Gasteiger charge is 2.25. The van der Waals surface area contributed by atoms with E-state index in [0.717, 1.165) is 31.5 Å². The molecule has 4 nitrogen and oxygen atoms in total. The average Bonchev–Trinajstić information content (AvgIpc) is 2.76. The lowest BCUT2D eigenvalue weighted by Crippen LogP contribution is -2.32. The molecular weight excluding hydrogens is 322 g/mol. The van der Waals surface area contributed by atoms with Crippen molar-refractivity contribution in [3.05, 3.63) is 51.8 Å². The van der Waals surface area contributed by atoms with E-state index in [-0.39, 0.29) is 5.91 Å². The number of likely N-dealkylation sites (tertiary alicyclic amines) is 1. The average molecular weight is 346 g/mol. The van der Waals surface area contributed by atoms with Crippen LogP contribution in [0.3, 0.4) is 0 Å². The molecule has 0 saturated carbocycles. The van der Waals surface area contributed by atoms with E-state index in [2.05, 4.69) is 36.3 Å². The lowest BCUT2D eigenvalue weighted by atomic mass is 10.1. The minimum Gasteiger partial charge on any atom is -0.338 e. The highest BCUT2D eigenvalue weighted by molar-refractivity contribution is 6.33. The summed E-state index contributed by atoms with van der Waals surface area (Å²) in [6, 6.07) is 8.28. The van der Waals surface area contributed by atoms with Crippen molar-refractivity contribution in [1.82, 2.24) is 14.7 Å². The summed E-state index contributed by atoms with van der Waals surface area (Å²) in [6.45, 7) is 6.14. The second kappa shape index (κ2) is 7.39. The number of amides is 1. The summed E-state index contributed by atoms with van der Waals surface area (Å²) in [6.07, 6.45) is 4.53. The Bertz CT molecular complexity index is 713. The third kappa shape index (κ3) is 3.64. The van der Waals surface area contributed by atoms with Crippen LogP contribution in [0.25, 0.3) is 0 Å². The summed E-state index contributed by atoms with van der Waals surface area (Å²) in [7, 11) is 0. The van der Waals surface area contributed by atoms with Gasteiger partial charge in [0.25, 0.3) is 5.91 Å². The Morgan fingerprint density at radius 2 is 1.71 bits per heavy atom. The van der Waals surface area contributed by atoms with Crippen molar-refractivity contribution in [2.75, 3.05) is 13.1 Å². The molecule has 24 heavy (non-hydrogen) atoms. The van der Waals surface area contributed by atoms with Crippen LogP contribution in [0, 0.1) is 13.8 Å². The number of halogens is 1. The van der Waals surface area contributed by atoms with Crippen molar-refractivity contribution in [2.45, 2.75) is 46.1 Å². The fraction of sp³-hybridized carbons (Fsp3) is 0.474. The van der Waals surface area contributed by atoms with Crippen molar-refractivity contribution < 1.29 is 4.79 Å². The van der Waals surface area contributed by atoms with Crippen LogP contribution in [0.15, 0.2) is 24.3 Å². The molecule has 1 saturated heterocycles. The van der Waals surface area contributed by atoms with Gasteiger partial charge in [-0.2, -0.15) is 5.10 Å². The Hall–Kier alpha value is -1.81. The summed E-state index contributed by atoms with van der Waals surface area (Å²) in [5, 5.41) is 4.95. The van der Waals surface area contributed by atoms with Gasteiger partial charge in [0.1, 0.15) is 5.15 Å². The highest BCUT2D eigenvalue weighted by atomic mass is 35.5. The SMILES string of the molecule is Cc1ccc(Cn2nc(C)c(C(=O)N3CCCCCC3)c2Cl)cc1. The molecule has 0 aliphatic carbocycles. The first-order valence-corrected chi connectivity index (χ1v) is 9.02. The third-order valence-electron chi connectivity index (χ3n) is 4.63. The molecule has 2 aromatic rings. The van der Waals surface area contributed by atoms with Gasteiger partial charge in [0.15, 0.2) is 0 Å². The first-order valence-electron chi connectivity index (χ1n) is 8.64. The largest absolute Gasteiger partial charge is 0.338 e. The number of carbonyl (C=O) groups is 1. The van der Waals surface area contributed by atoms with Gasteiger partial charge in [-0.1, -0.05) is 54.3 Å². The second-order valence-electron chi connectivity index (χ2n) is 6.60. The topological polar surface area (TPSA) is 38.1 Å². The van der Waals surface area contributed by atoms with Gasteiger partial charge in [-0.3, -0.25) is 4.79 Å². The van der Waals surface area contributed by atoms with E-state index in [1.165, 1.54) is 18.4 Å². The van der Waals surface area contributed by atoms with Crippen LogP contribution in [0.2, 0.25) is 5.15 Å². The van der Waals surface area contributed by atoms with Gasteiger partial charge in [-0.15, -0.1) is 0 Å². The smallest absolute Gasteiger partial charge is 0.258 e. The number of nitrogens with zero attached hydrogens (tertiary/aromatic N) is 3. The lowest BCUT2D eigenvalue weighted by molar-refractivity contribution is 0.0761. The molecular formula is C19H24ClN3O. The molecule has 1 aliphatic heterocycles. The molecule has 0 bridgehead atoms.